The molecule has 6 heteroatoms. The lowest BCUT2D eigenvalue weighted by Gasteiger charge is -2.35. The van der Waals surface area contributed by atoms with E-state index in [9.17, 15) is 5.11 Å². The number of nitrogens with one attached hydrogen (secondary N) is 1. The molecule has 0 saturated carbocycles. The van der Waals surface area contributed by atoms with Gasteiger partial charge in [0.2, 0.25) is 0 Å². The summed E-state index contributed by atoms with van der Waals surface area (Å²) in [5.74, 6) is 1.61. The van der Waals surface area contributed by atoms with Crippen molar-refractivity contribution in [2.24, 2.45) is 0 Å². The van der Waals surface area contributed by atoms with Gasteiger partial charge in [0.1, 0.15) is 18.0 Å². The summed E-state index contributed by atoms with van der Waals surface area (Å²) in [6, 6.07) is 1.90. The van der Waals surface area contributed by atoms with Gasteiger partial charge in [-0.3, -0.25) is 0 Å². The summed E-state index contributed by atoms with van der Waals surface area (Å²) >= 11 is 0. The van der Waals surface area contributed by atoms with Gasteiger partial charge in [-0.15, -0.1) is 0 Å². The molecule has 106 valence electrons. The number of rotatable bonds is 5. The highest BCUT2D eigenvalue weighted by Crippen LogP contribution is 2.23. The largest absolute Gasteiger partial charge is 0.388 e. The lowest BCUT2D eigenvalue weighted by molar-refractivity contribution is -0.0573. The Morgan fingerprint density at radius 1 is 1.42 bits per heavy atom. The molecule has 1 fully saturated rings. The summed E-state index contributed by atoms with van der Waals surface area (Å²) in [5.41, 5.74) is -0.684. The van der Waals surface area contributed by atoms with E-state index >= 15 is 0 Å². The van der Waals surface area contributed by atoms with Crippen LogP contribution in [0.4, 0.5) is 11.6 Å². The molecule has 0 spiro atoms. The van der Waals surface area contributed by atoms with Crippen molar-refractivity contribution in [2.45, 2.75) is 25.4 Å². The first-order valence-corrected chi connectivity index (χ1v) is 6.70. The van der Waals surface area contributed by atoms with Crippen molar-refractivity contribution in [3.8, 4) is 0 Å². The van der Waals surface area contributed by atoms with Gasteiger partial charge in [0.05, 0.1) is 5.60 Å². The molecule has 0 radical (unpaired) electrons. The van der Waals surface area contributed by atoms with E-state index in [0.717, 1.165) is 18.2 Å². The summed E-state index contributed by atoms with van der Waals surface area (Å²) in [7, 11) is 1.94. The topological polar surface area (TPSA) is 70.5 Å². The zero-order valence-electron chi connectivity index (χ0n) is 11.6. The fourth-order valence-corrected chi connectivity index (χ4v) is 2.27. The van der Waals surface area contributed by atoms with Crippen LogP contribution >= 0.6 is 0 Å². The van der Waals surface area contributed by atoms with E-state index in [1.807, 2.05) is 24.9 Å². The number of nitrogens with zero attached hydrogens (tertiary/aromatic N) is 3. The zero-order valence-corrected chi connectivity index (χ0v) is 11.6. The number of hydrogen-bond donors (Lipinski definition) is 2. The van der Waals surface area contributed by atoms with Crippen molar-refractivity contribution < 1.29 is 9.84 Å². The van der Waals surface area contributed by atoms with Crippen LogP contribution in [-0.2, 0) is 4.74 Å². The molecule has 19 heavy (non-hydrogen) atoms. The number of hydrogen-bond acceptors (Lipinski definition) is 6. The summed E-state index contributed by atoms with van der Waals surface area (Å²) in [5, 5.41) is 13.7. The Balaban J connectivity index is 2.02. The standard InChI is InChI=1S/C13H22N4O2/c1-3-14-11-8-12(16-10-15-11)17(2)9-13(18)4-6-19-7-5-13/h8,10,18H,3-7,9H2,1-2H3,(H,14,15,16). The average Bonchev–Trinajstić information content (AvgIpc) is 2.40. The maximum Gasteiger partial charge on any atom is 0.133 e. The van der Waals surface area contributed by atoms with E-state index in [1.165, 1.54) is 6.33 Å². The fraction of sp³-hybridized carbons (Fsp3) is 0.692. The number of anilines is 2. The molecule has 1 aliphatic rings. The molecule has 1 aliphatic heterocycles. The van der Waals surface area contributed by atoms with Crippen LogP contribution in [0.25, 0.3) is 0 Å². The van der Waals surface area contributed by atoms with Crippen LogP contribution in [-0.4, -0.2) is 54.0 Å². The molecule has 1 saturated heterocycles. The Labute approximate surface area is 113 Å². The molecule has 0 atom stereocenters. The maximum atomic E-state index is 10.5. The molecule has 1 aromatic heterocycles. The highest BCUT2D eigenvalue weighted by molar-refractivity contribution is 5.48. The van der Waals surface area contributed by atoms with Crippen LogP contribution in [0.3, 0.4) is 0 Å². The van der Waals surface area contributed by atoms with E-state index in [-0.39, 0.29) is 0 Å². The SMILES string of the molecule is CCNc1cc(N(C)CC2(O)CCOCC2)ncn1. The zero-order chi connectivity index (χ0) is 13.7. The second-order valence-electron chi connectivity index (χ2n) is 4.98. The van der Waals surface area contributed by atoms with Crippen molar-refractivity contribution >= 4 is 11.6 Å². The van der Waals surface area contributed by atoms with Gasteiger partial charge in [0.15, 0.2) is 0 Å². The summed E-state index contributed by atoms with van der Waals surface area (Å²) in [4.78, 5) is 10.4. The van der Waals surface area contributed by atoms with Gasteiger partial charge in [-0.1, -0.05) is 0 Å². The summed E-state index contributed by atoms with van der Waals surface area (Å²) < 4.78 is 5.29. The smallest absolute Gasteiger partial charge is 0.133 e. The monoisotopic (exact) mass is 266 g/mol. The predicted molar refractivity (Wildman–Crippen MR) is 74.5 cm³/mol. The van der Waals surface area contributed by atoms with Crippen LogP contribution in [0.1, 0.15) is 19.8 Å². The summed E-state index contributed by atoms with van der Waals surface area (Å²) in [6.45, 7) is 4.64. The van der Waals surface area contributed by atoms with Crippen molar-refractivity contribution in [3.05, 3.63) is 12.4 Å². The first-order chi connectivity index (χ1) is 9.13. The first kappa shape index (κ1) is 14.0. The van der Waals surface area contributed by atoms with Gasteiger partial charge in [-0.2, -0.15) is 0 Å². The second-order valence-corrected chi connectivity index (χ2v) is 4.98. The van der Waals surface area contributed by atoms with Crippen molar-refractivity contribution in [3.63, 3.8) is 0 Å². The van der Waals surface area contributed by atoms with Gasteiger partial charge in [-0.25, -0.2) is 9.97 Å². The van der Waals surface area contributed by atoms with Crippen LogP contribution in [0.15, 0.2) is 12.4 Å². The van der Waals surface area contributed by atoms with E-state index < -0.39 is 5.60 Å². The maximum absolute atomic E-state index is 10.5. The van der Waals surface area contributed by atoms with E-state index in [2.05, 4.69) is 15.3 Å². The average molecular weight is 266 g/mol. The molecular formula is C13H22N4O2. The minimum atomic E-state index is -0.684. The molecular weight excluding hydrogens is 244 g/mol. The van der Waals surface area contributed by atoms with E-state index in [1.54, 1.807) is 0 Å². The van der Waals surface area contributed by atoms with E-state index in [0.29, 0.717) is 32.6 Å². The molecule has 1 aromatic rings. The third kappa shape index (κ3) is 3.78. The van der Waals surface area contributed by atoms with Crippen LogP contribution in [0.2, 0.25) is 0 Å². The Morgan fingerprint density at radius 2 is 2.16 bits per heavy atom. The predicted octanol–water partition coefficient (Wildman–Crippen LogP) is 0.886. The van der Waals surface area contributed by atoms with Gasteiger partial charge < -0.3 is 20.1 Å². The van der Waals surface area contributed by atoms with Crippen LogP contribution in [0, 0.1) is 0 Å². The van der Waals surface area contributed by atoms with Crippen LogP contribution in [0.5, 0.6) is 0 Å². The molecule has 2 N–H and O–H groups in total. The first-order valence-electron chi connectivity index (χ1n) is 6.70. The third-order valence-corrected chi connectivity index (χ3v) is 3.36. The number of aromatic nitrogens is 2. The Morgan fingerprint density at radius 3 is 2.84 bits per heavy atom. The van der Waals surface area contributed by atoms with Crippen LogP contribution < -0.4 is 10.2 Å². The molecule has 6 nitrogen and oxygen atoms in total. The number of likely N-dealkylation sites (N-methyl/N-ethyl adjacent to an activating group) is 1. The Hall–Kier alpha value is -1.40. The molecule has 0 unspecified atom stereocenters. The molecule has 0 amide bonds. The number of ether oxygens (including phenoxy) is 1. The van der Waals surface area contributed by atoms with Crippen molar-refractivity contribution in [1.82, 2.24) is 9.97 Å². The number of aliphatic hydroxyl groups is 1. The van der Waals surface area contributed by atoms with Gasteiger partial charge >= 0.3 is 0 Å². The quantitative estimate of drug-likeness (QED) is 0.824. The highest BCUT2D eigenvalue weighted by Gasteiger charge is 2.31. The van der Waals surface area contributed by atoms with Crippen molar-refractivity contribution in [1.29, 1.82) is 0 Å². The normalized spacial score (nSPS) is 18.1. The molecule has 2 heterocycles. The molecule has 0 bridgehead atoms. The third-order valence-electron chi connectivity index (χ3n) is 3.36. The molecule has 0 aliphatic carbocycles. The Kier molecular flexibility index (Phi) is 4.55. The van der Waals surface area contributed by atoms with E-state index in [4.69, 9.17) is 4.74 Å². The van der Waals surface area contributed by atoms with Gasteiger partial charge in [-0.05, 0) is 6.92 Å². The highest BCUT2D eigenvalue weighted by atomic mass is 16.5. The Bertz CT molecular complexity index is 407. The minimum Gasteiger partial charge on any atom is -0.388 e. The lowest BCUT2D eigenvalue weighted by Crippen LogP contribution is -2.46. The molecule has 0 aromatic carbocycles. The minimum absolute atomic E-state index is 0.555. The summed E-state index contributed by atoms with van der Waals surface area (Å²) in [6.07, 6.45) is 2.88. The fourth-order valence-electron chi connectivity index (χ4n) is 2.27. The van der Waals surface area contributed by atoms with Gasteiger partial charge in [0, 0.05) is 52.3 Å². The molecule has 2 rings (SSSR count). The van der Waals surface area contributed by atoms with Gasteiger partial charge in [0.25, 0.3) is 0 Å². The van der Waals surface area contributed by atoms with Crippen molar-refractivity contribution in [2.75, 3.05) is 43.6 Å². The lowest BCUT2D eigenvalue weighted by atomic mass is 9.94. The second kappa shape index (κ2) is 6.16.